The molecule has 6 heteroatoms. The van der Waals surface area contributed by atoms with Crippen LogP contribution >= 0.6 is 11.6 Å². The molecule has 1 heterocycles. The third-order valence-corrected chi connectivity index (χ3v) is 2.86. The van der Waals surface area contributed by atoms with Gasteiger partial charge in [-0.2, -0.15) is 0 Å². The Balaban J connectivity index is 2.18. The van der Waals surface area contributed by atoms with E-state index in [1.807, 2.05) is 13.8 Å². The van der Waals surface area contributed by atoms with Gasteiger partial charge in [0, 0.05) is 22.8 Å². The lowest BCUT2D eigenvalue weighted by Crippen LogP contribution is -2.17. The van der Waals surface area contributed by atoms with E-state index in [0.717, 1.165) is 0 Å². The molecular formula is C15H17ClN4O. The second-order valence-electron chi connectivity index (χ2n) is 4.95. The number of nitrogens with zero attached hydrogens (tertiary/aromatic N) is 2. The monoisotopic (exact) mass is 304 g/mol. The van der Waals surface area contributed by atoms with E-state index in [4.69, 9.17) is 11.6 Å². The van der Waals surface area contributed by atoms with Crippen LogP contribution in [0.15, 0.2) is 30.3 Å². The van der Waals surface area contributed by atoms with Crippen molar-refractivity contribution >= 4 is 29.0 Å². The summed E-state index contributed by atoms with van der Waals surface area (Å²) in [6.45, 7) is 5.76. The van der Waals surface area contributed by atoms with E-state index in [1.165, 1.54) is 0 Å². The number of hydrogen-bond acceptors (Lipinski definition) is 4. The van der Waals surface area contributed by atoms with Gasteiger partial charge in [0.05, 0.1) is 0 Å². The fraction of sp³-hybridized carbons (Fsp3) is 0.267. The van der Waals surface area contributed by atoms with Crippen molar-refractivity contribution < 1.29 is 4.79 Å². The molecule has 0 aliphatic heterocycles. The van der Waals surface area contributed by atoms with Crippen LogP contribution in [-0.2, 0) is 0 Å². The maximum Gasteiger partial charge on any atom is 0.274 e. The molecule has 110 valence electrons. The number of rotatable bonds is 4. The number of carbonyl (C=O) groups excluding carboxylic acids is 1. The molecule has 0 aliphatic carbocycles. The summed E-state index contributed by atoms with van der Waals surface area (Å²) < 4.78 is 0. The van der Waals surface area contributed by atoms with Crippen molar-refractivity contribution in [2.75, 3.05) is 10.6 Å². The van der Waals surface area contributed by atoms with E-state index in [-0.39, 0.29) is 11.9 Å². The van der Waals surface area contributed by atoms with Gasteiger partial charge in [-0.05, 0) is 45.0 Å². The first kappa shape index (κ1) is 15.3. The summed E-state index contributed by atoms with van der Waals surface area (Å²) in [5.41, 5.74) is 0.986. The third kappa shape index (κ3) is 4.43. The summed E-state index contributed by atoms with van der Waals surface area (Å²) in [7, 11) is 0. The molecule has 0 fully saturated rings. The van der Waals surface area contributed by atoms with Crippen molar-refractivity contribution in [3.8, 4) is 0 Å². The van der Waals surface area contributed by atoms with Crippen molar-refractivity contribution in [3.63, 3.8) is 0 Å². The van der Waals surface area contributed by atoms with Gasteiger partial charge in [0.15, 0.2) is 0 Å². The quantitative estimate of drug-likeness (QED) is 0.907. The largest absolute Gasteiger partial charge is 0.368 e. The first-order chi connectivity index (χ1) is 9.94. The molecule has 0 bridgehead atoms. The van der Waals surface area contributed by atoms with Crippen molar-refractivity contribution in [2.45, 2.75) is 26.8 Å². The lowest BCUT2D eigenvalue weighted by atomic mass is 10.3. The van der Waals surface area contributed by atoms with Crippen LogP contribution in [0.2, 0.25) is 5.02 Å². The number of anilines is 2. The van der Waals surface area contributed by atoms with Crippen LogP contribution in [0.4, 0.5) is 11.5 Å². The number of benzene rings is 1. The molecule has 0 saturated heterocycles. The Morgan fingerprint density at radius 3 is 2.48 bits per heavy atom. The number of nitrogens with one attached hydrogen (secondary N) is 2. The van der Waals surface area contributed by atoms with Gasteiger partial charge in [0.1, 0.15) is 17.3 Å². The van der Waals surface area contributed by atoms with E-state index < -0.39 is 0 Å². The third-order valence-electron chi connectivity index (χ3n) is 2.61. The molecular weight excluding hydrogens is 288 g/mol. The van der Waals surface area contributed by atoms with Crippen molar-refractivity contribution in [3.05, 3.63) is 46.9 Å². The Kier molecular flexibility index (Phi) is 4.75. The summed E-state index contributed by atoms with van der Waals surface area (Å²) in [6, 6.07) is 8.77. The van der Waals surface area contributed by atoms with Crippen LogP contribution in [0.5, 0.6) is 0 Å². The van der Waals surface area contributed by atoms with E-state index in [1.54, 1.807) is 37.3 Å². The minimum absolute atomic E-state index is 0.228. The molecule has 2 rings (SSSR count). The Hall–Kier alpha value is -2.14. The zero-order chi connectivity index (χ0) is 15.4. The SMILES string of the molecule is Cc1nc(NC(C)C)cc(C(=O)Nc2ccc(Cl)cc2)n1. The van der Waals surface area contributed by atoms with Gasteiger partial charge in [-0.3, -0.25) is 4.79 Å². The summed E-state index contributed by atoms with van der Waals surface area (Å²) in [6.07, 6.45) is 0. The number of hydrogen-bond donors (Lipinski definition) is 2. The highest BCUT2D eigenvalue weighted by molar-refractivity contribution is 6.30. The highest BCUT2D eigenvalue weighted by atomic mass is 35.5. The summed E-state index contributed by atoms with van der Waals surface area (Å²) in [4.78, 5) is 20.6. The molecule has 2 aromatic rings. The lowest BCUT2D eigenvalue weighted by Gasteiger charge is -2.11. The van der Waals surface area contributed by atoms with E-state index >= 15 is 0 Å². The summed E-state index contributed by atoms with van der Waals surface area (Å²) in [5, 5.41) is 6.56. The van der Waals surface area contributed by atoms with E-state index in [0.29, 0.717) is 28.0 Å². The summed E-state index contributed by atoms with van der Waals surface area (Å²) >= 11 is 5.81. The van der Waals surface area contributed by atoms with Gasteiger partial charge in [0.25, 0.3) is 5.91 Å². The zero-order valence-electron chi connectivity index (χ0n) is 12.1. The molecule has 0 radical (unpaired) electrons. The molecule has 21 heavy (non-hydrogen) atoms. The molecule has 5 nitrogen and oxygen atoms in total. The van der Waals surface area contributed by atoms with E-state index in [2.05, 4.69) is 20.6 Å². The Morgan fingerprint density at radius 2 is 1.86 bits per heavy atom. The van der Waals surface area contributed by atoms with Gasteiger partial charge in [-0.15, -0.1) is 0 Å². The fourth-order valence-electron chi connectivity index (χ4n) is 1.78. The maximum absolute atomic E-state index is 12.2. The van der Waals surface area contributed by atoms with Gasteiger partial charge in [-0.25, -0.2) is 9.97 Å². The lowest BCUT2D eigenvalue weighted by molar-refractivity contribution is 0.102. The molecule has 0 unspecified atom stereocenters. The van der Waals surface area contributed by atoms with E-state index in [9.17, 15) is 4.79 Å². The highest BCUT2D eigenvalue weighted by Crippen LogP contribution is 2.15. The van der Waals surface area contributed by atoms with Crippen LogP contribution in [0.1, 0.15) is 30.2 Å². The van der Waals surface area contributed by atoms with Gasteiger partial charge < -0.3 is 10.6 Å². The van der Waals surface area contributed by atoms with Crippen LogP contribution in [0, 0.1) is 6.92 Å². The standard InChI is InChI=1S/C15H17ClN4O/c1-9(2)17-14-8-13(18-10(3)19-14)15(21)20-12-6-4-11(16)5-7-12/h4-9H,1-3H3,(H,20,21)(H,17,18,19). The van der Waals surface area contributed by atoms with Crippen LogP contribution in [0.25, 0.3) is 0 Å². The first-order valence-electron chi connectivity index (χ1n) is 6.63. The van der Waals surface area contributed by atoms with Crippen molar-refractivity contribution in [1.29, 1.82) is 0 Å². The summed E-state index contributed by atoms with van der Waals surface area (Å²) in [5.74, 6) is 0.898. The van der Waals surface area contributed by atoms with Crippen LogP contribution < -0.4 is 10.6 Å². The predicted octanol–water partition coefficient (Wildman–Crippen LogP) is 3.51. The number of halogens is 1. The molecule has 2 N–H and O–H groups in total. The second kappa shape index (κ2) is 6.54. The van der Waals surface area contributed by atoms with Gasteiger partial charge in [0.2, 0.25) is 0 Å². The maximum atomic E-state index is 12.2. The second-order valence-corrected chi connectivity index (χ2v) is 5.38. The molecule has 1 aromatic carbocycles. The van der Waals surface area contributed by atoms with Crippen LogP contribution in [-0.4, -0.2) is 21.9 Å². The minimum atomic E-state index is -0.283. The number of amides is 1. The van der Waals surface area contributed by atoms with Crippen molar-refractivity contribution in [2.24, 2.45) is 0 Å². The Bertz CT molecular complexity index is 641. The number of carbonyl (C=O) groups is 1. The average Bonchev–Trinajstić information content (AvgIpc) is 2.40. The Morgan fingerprint density at radius 1 is 1.19 bits per heavy atom. The molecule has 1 amide bonds. The molecule has 0 atom stereocenters. The Labute approximate surface area is 128 Å². The van der Waals surface area contributed by atoms with Crippen LogP contribution in [0.3, 0.4) is 0 Å². The highest BCUT2D eigenvalue weighted by Gasteiger charge is 2.11. The normalized spacial score (nSPS) is 10.5. The molecule has 0 spiro atoms. The predicted molar refractivity (Wildman–Crippen MR) is 84.9 cm³/mol. The van der Waals surface area contributed by atoms with Gasteiger partial charge >= 0.3 is 0 Å². The first-order valence-corrected chi connectivity index (χ1v) is 7.01. The number of aromatic nitrogens is 2. The molecule has 1 aromatic heterocycles. The fourth-order valence-corrected chi connectivity index (χ4v) is 1.91. The zero-order valence-corrected chi connectivity index (χ0v) is 12.9. The average molecular weight is 305 g/mol. The minimum Gasteiger partial charge on any atom is -0.368 e. The molecule has 0 aliphatic rings. The number of aryl methyl sites for hydroxylation is 1. The molecule has 0 saturated carbocycles. The van der Waals surface area contributed by atoms with Gasteiger partial charge in [-0.1, -0.05) is 11.6 Å². The topological polar surface area (TPSA) is 66.9 Å². The smallest absolute Gasteiger partial charge is 0.274 e. The van der Waals surface area contributed by atoms with Crippen molar-refractivity contribution in [1.82, 2.24) is 9.97 Å².